The van der Waals surface area contributed by atoms with Crippen LogP contribution in [0.3, 0.4) is 0 Å². The van der Waals surface area contributed by atoms with Gasteiger partial charge in [0.25, 0.3) is 0 Å². The molecule has 0 N–H and O–H groups in total. The fourth-order valence-electron chi connectivity index (χ4n) is 2.61. The molecular formula is C21H24FNO4. The molecular weight excluding hydrogens is 349 g/mol. The number of amides is 1. The summed E-state index contributed by atoms with van der Waals surface area (Å²) in [6.45, 7) is 2.56. The topological polar surface area (TPSA) is 55.8 Å². The quantitative estimate of drug-likeness (QED) is 0.632. The van der Waals surface area contributed by atoms with Crippen molar-refractivity contribution >= 4 is 11.9 Å². The third kappa shape index (κ3) is 6.73. The van der Waals surface area contributed by atoms with E-state index in [-0.39, 0.29) is 37.3 Å². The molecule has 1 atom stereocenters. The first-order chi connectivity index (χ1) is 13.0. The van der Waals surface area contributed by atoms with E-state index in [2.05, 4.69) is 0 Å². The summed E-state index contributed by atoms with van der Waals surface area (Å²) in [6, 6.07) is 15.2. The predicted octanol–water partition coefficient (Wildman–Crippen LogP) is 3.43. The fraction of sp³-hybridized carbons (Fsp3) is 0.333. The average molecular weight is 373 g/mol. The third-order valence-electron chi connectivity index (χ3n) is 4.07. The number of carbonyl (C=O) groups is 2. The second kappa shape index (κ2) is 10.3. The van der Waals surface area contributed by atoms with Crippen LogP contribution in [0.25, 0.3) is 0 Å². The summed E-state index contributed by atoms with van der Waals surface area (Å²) in [5.41, 5.74) is 0.974. The summed E-state index contributed by atoms with van der Waals surface area (Å²) in [5.74, 6) is -0.758. The minimum Gasteiger partial charge on any atom is -0.493 e. The Morgan fingerprint density at radius 2 is 1.74 bits per heavy atom. The maximum Gasteiger partial charge on any atom is 0.310 e. The van der Waals surface area contributed by atoms with Crippen molar-refractivity contribution in [2.24, 2.45) is 5.92 Å². The zero-order valence-corrected chi connectivity index (χ0v) is 15.6. The zero-order valence-electron chi connectivity index (χ0n) is 15.6. The van der Waals surface area contributed by atoms with Crippen molar-refractivity contribution in [3.8, 4) is 5.75 Å². The van der Waals surface area contributed by atoms with Crippen molar-refractivity contribution in [1.29, 1.82) is 0 Å². The predicted molar refractivity (Wildman–Crippen MR) is 99.6 cm³/mol. The summed E-state index contributed by atoms with van der Waals surface area (Å²) in [5, 5.41) is 0. The highest BCUT2D eigenvalue weighted by atomic mass is 19.1. The Morgan fingerprint density at radius 1 is 1.07 bits per heavy atom. The van der Waals surface area contributed by atoms with Gasteiger partial charge in [0, 0.05) is 13.1 Å². The van der Waals surface area contributed by atoms with Gasteiger partial charge in [0.1, 0.15) is 11.6 Å². The number of halogens is 1. The number of ether oxygens (including phenoxy) is 2. The van der Waals surface area contributed by atoms with Gasteiger partial charge in [-0.3, -0.25) is 9.59 Å². The highest BCUT2D eigenvalue weighted by molar-refractivity contribution is 5.78. The van der Waals surface area contributed by atoms with Crippen LogP contribution < -0.4 is 4.74 Å². The summed E-state index contributed by atoms with van der Waals surface area (Å²) < 4.78 is 23.2. The van der Waals surface area contributed by atoms with E-state index in [4.69, 9.17) is 9.47 Å². The third-order valence-corrected chi connectivity index (χ3v) is 4.07. The molecule has 2 aromatic carbocycles. The number of rotatable bonds is 9. The molecule has 0 spiro atoms. The molecule has 0 fully saturated rings. The molecule has 0 bridgehead atoms. The highest BCUT2D eigenvalue weighted by Crippen LogP contribution is 2.13. The number of esters is 1. The van der Waals surface area contributed by atoms with Gasteiger partial charge in [-0.05, 0) is 29.8 Å². The van der Waals surface area contributed by atoms with E-state index >= 15 is 0 Å². The second-order valence-electron chi connectivity index (χ2n) is 6.24. The normalized spacial score (nSPS) is 11.5. The summed E-state index contributed by atoms with van der Waals surface area (Å²) in [7, 11) is 1.33. The molecule has 0 aliphatic carbocycles. The fourth-order valence-corrected chi connectivity index (χ4v) is 2.61. The minimum atomic E-state index is -0.430. The van der Waals surface area contributed by atoms with Crippen LogP contribution >= 0.6 is 0 Å². The lowest BCUT2D eigenvalue weighted by atomic mass is 10.1. The molecule has 0 heterocycles. The van der Waals surface area contributed by atoms with Gasteiger partial charge in [0.05, 0.1) is 26.1 Å². The van der Waals surface area contributed by atoms with Gasteiger partial charge in [-0.1, -0.05) is 37.3 Å². The van der Waals surface area contributed by atoms with E-state index < -0.39 is 5.92 Å². The smallest absolute Gasteiger partial charge is 0.310 e. The molecule has 0 aliphatic rings. The molecule has 1 amide bonds. The number of methoxy groups -OCH3 is 1. The molecule has 5 nitrogen and oxygen atoms in total. The van der Waals surface area contributed by atoms with E-state index in [0.717, 1.165) is 5.56 Å². The van der Waals surface area contributed by atoms with Crippen molar-refractivity contribution in [1.82, 2.24) is 4.90 Å². The standard InChI is InChI=1S/C21H24FNO4/c1-16(21(25)26-2)14-23(15-17-6-4-3-5-7-17)20(24)12-13-27-19-10-8-18(22)9-11-19/h3-11,16H,12-15H2,1-2H3. The Balaban J connectivity index is 1.96. The first-order valence-electron chi connectivity index (χ1n) is 8.77. The molecule has 0 saturated carbocycles. The van der Waals surface area contributed by atoms with Gasteiger partial charge in [0.15, 0.2) is 0 Å². The van der Waals surface area contributed by atoms with Crippen LogP contribution in [0.4, 0.5) is 4.39 Å². The Labute approximate surface area is 158 Å². The molecule has 2 rings (SSSR count). The lowest BCUT2D eigenvalue weighted by Gasteiger charge is -2.25. The summed E-state index contributed by atoms with van der Waals surface area (Å²) in [6.07, 6.45) is 0.151. The molecule has 0 aliphatic heterocycles. The van der Waals surface area contributed by atoms with Gasteiger partial charge in [-0.15, -0.1) is 0 Å². The molecule has 6 heteroatoms. The summed E-state index contributed by atoms with van der Waals surface area (Å²) in [4.78, 5) is 26.0. The lowest BCUT2D eigenvalue weighted by Crippen LogP contribution is -2.37. The number of carbonyl (C=O) groups excluding carboxylic acids is 2. The molecule has 2 aromatic rings. The van der Waals surface area contributed by atoms with Crippen LogP contribution in [0.1, 0.15) is 18.9 Å². The van der Waals surface area contributed by atoms with Gasteiger partial charge in [-0.25, -0.2) is 4.39 Å². The van der Waals surface area contributed by atoms with Crippen molar-refractivity contribution in [2.45, 2.75) is 19.9 Å². The van der Waals surface area contributed by atoms with Crippen molar-refractivity contribution in [3.05, 3.63) is 66.0 Å². The van der Waals surface area contributed by atoms with Crippen LogP contribution in [-0.2, 0) is 20.9 Å². The van der Waals surface area contributed by atoms with Gasteiger partial charge < -0.3 is 14.4 Å². The molecule has 144 valence electrons. The SMILES string of the molecule is COC(=O)C(C)CN(Cc1ccccc1)C(=O)CCOc1ccc(F)cc1. The maximum atomic E-state index is 12.9. The Hall–Kier alpha value is -2.89. The molecule has 0 radical (unpaired) electrons. The number of hydrogen-bond acceptors (Lipinski definition) is 4. The van der Waals surface area contributed by atoms with E-state index in [1.165, 1.54) is 31.4 Å². The average Bonchev–Trinajstić information content (AvgIpc) is 2.69. The first kappa shape index (κ1) is 20.4. The Kier molecular flexibility index (Phi) is 7.79. The monoisotopic (exact) mass is 373 g/mol. The van der Waals surface area contributed by atoms with Gasteiger partial charge in [0.2, 0.25) is 5.91 Å². The van der Waals surface area contributed by atoms with Crippen molar-refractivity contribution in [3.63, 3.8) is 0 Å². The van der Waals surface area contributed by atoms with Crippen LogP contribution in [-0.4, -0.2) is 37.0 Å². The molecule has 27 heavy (non-hydrogen) atoms. The van der Waals surface area contributed by atoms with Gasteiger partial charge >= 0.3 is 5.97 Å². The van der Waals surface area contributed by atoms with Crippen LogP contribution in [0.15, 0.2) is 54.6 Å². The maximum absolute atomic E-state index is 12.9. The molecule has 0 saturated heterocycles. The van der Waals surface area contributed by atoms with Gasteiger partial charge in [-0.2, -0.15) is 0 Å². The molecule has 1 unspecified atom stereocenters. The van der Waals surface area contributed by atoms with Crippen LogP contribution in [0, 0.1) is 11.7 Å². The number of benzene rings is 2. The van der Waals surface area contributed by atoms with E-state index in [1.807, 2.05) is 30.3 Å². The van der Waals surface area contributed by atoms with Crippen LogP contribution in [0.5, 0.6) is 5.75 Å². The first-order valence-corrected chi connectivity index (χ1v) is 8.77. The number of hydrogen-bond donors (Lipinski definition) is 0. The number of nitrogens with zero attached hydrogens (tertiary/aromatic N) is 1. The van der Waals surface area contributed by atoms with Crippen molar-refractivity contribution in [2.75, 3.05) is 20.3 Å². The van der Waals surface area contributed by atoms with E-state index in [9.17, 15) is 14.0 Å². The highest BCUT2D eigenvalue weighted by Gasteiger charge is 2.21. The van der Waals surface area contributed by atoms with Crippen molar-refractivity contribution < 1.29 is 23.5 Å². The van der Waals surface area contributed by atoms with E-state index in [1.54, 1.807) is 11.8 Å². The second-order valence-corrected chi connectivity index (χ2v) is 6.24. The zero-order chi connectivity index (χ0) is 19.6. The summed E-state index contributed by atoms with van der Waals surface area (Å²) >= 11 is 0. The lowest BCUT2D eigenvalue weighted by molar-refractivity contribution is -0.146. The Morgan fingerprint density at radius 3 is 2.37 bits per heavy atom. The van der Waals surface area contributed by atoms with Crippen LogP contribution in [0.2, 0.25) is 0 Å². The minimum absolute atomic E-state index is 0.128. The van der Waals surface area contributed by atoms with E-state index in [0.29, 0.717) is 12.3 Å². The largest absolute Gasteiger partial charge is 0.493 e. The molecule has 0 aromatic heterocycles. The Bertz CT molecular complexity index is 734.